The molecule has 3 aromatic rings. The van der Waals surface area contributed by atoms with Crippen LogP contribution in [-0.4, -0.2) is 45.6 Å². The molecule has 0 saturated carbocycles. The summed E-state index contributed by atoms with van der Waals surface area (Å²) >= 11 is 7.16. The van der Waals surface area contributed by atoms with Gasteiger partial charge in [0.2, 0.25) is 5.91 Å². The predicted molar refractivity (Wildman–Crippen MR) is 123 cm³/mol. The molecule has 0 spiro atoms. The molecule has 1 unspecified atom stereocenters. The molecule has 1 aliphatic rings. The average molecular weight is 476 g/mol. The van der Waals surface area contributed by atoms with Gasteiger partial charge >= 0.3 is 11.7 Å². The van der Waals surface area contributed by atoms with Crippen LogP contribution in [0.15, 0.2) is 45.3 Å². The Morgan fingerprint density at radius 2 is 1.94 bits per heavy atom. The third-order valence-electron chi connectivity index (χ3n) is 5.53. The summed E-state index contributed by atoms with van der Waals surface area (Å²) in [7, 11) is 0. The van der Waals surface area contributed by atoms with Gasteiger partial charge in [-0.2, -0.15) is 0 Å². The second-order valence-corrected chi connectivity index (χ2v) is 8.90. The van der Waals surface area contributed by atoms with Crippen molar-refractivity contribution in [1.29, 1.82) is 0 Å². The van der Waals surface area contributed by atoms with Crippen molar-refractivity contribution < 1.29 is 14.3 Å². The summed E-state index contributed by atoms with van der Waals surface area (Å²) < 4.78 is 7.86. The summed E-state index contributed by atoms with van der Waals surface area (Å²) in [5.74, 6) is -0.956. The Kier molecular flexibility index (Phi) is 6.48. The molecule has 0 radical (unpaired) electrons. The van der Waals surface area contributed by atoms with Gasteiger partial charge in [-0.05, 0) is 55.5 Å². The molecule has 168 valence electrons. The van der Waals surface area contributed by atoms with Crippen molar-refractivity contribution in [3.05, 3.63) is 61.6 Å². The number of thiophene rings is 1. The van der Waals surface area contributed by atoms with E-state index in [1.165, 1.54) is 15.9 Å². The molecule has 8 nitrogen and oxygen atoms in total. The number of carbonyl (C=O) groups is 2. The summed E-state index contributed by atoms with van der Waals surface area (Å²) in [4.78, 5) is 53.1. The number of likely N-dealkylation sites (tertiary alicyclic amines) is 1. The lowest BCUT2D eigenvalue weighted by Gasteiger charge is -2.31. The van der Waals surface area contributed by atoms with Crippen molar-refractivity contribution in [2.45, 2.75) is 26.3 Å². The van der Waals surface area contributed by atoms with Gasteiger partial charge in [0.1, 0.15) is 11.2 Å². The van der Waals surface area contributed by atoms with E-state index in [0.717, 1.165) is 4.57 Å². The molecule has 3 heterocycles. The highest BCUT2D eigenvalue weighted by molar-refractivity contribution is 7.17. The van der Waals surface area contributed by atoms with Gasteiger partial charge in [0.25, 0.3) is 5.56 Å². The minimum Gasteiger partial charge on any atom is -0.466 e. The first-order chi connectivity index (χ1) is 15.4. The van der Waals surface area contributed by atoms with Gasteiger partial charge in [0, 0.05) is 18.1 Å². The molecule has 0 bridgehead atoms. The fraction of sp³-hybridized carbons (Fsp3) is 0.364. The molecule has 1 saturated heterocycles. The van der Waals surface area contributed by atoms with Gasteiger partial charge < -0.3 is 9.64 Å². The second kappa shape index (κ2) is 9.30. The minimum atomic E-state index is -0.601. The van der Waals surface area contributed by atoms with Gasteiger partial charge in [-0.3, -0.25) is 19.0 Å². The van der Waals surface area contributed by atoms with Crippen LogP contribution in [-0.2, 0) is 20.9 Å². The van der Waals surface area contributed by atoms with Crippen LogP contribution in [0.4, 0.5) is 0 Å². The quantitative estimate of drug-likeness (QED) is 0.529. The van der Waals surface area contributed by atoms with Crippen molar-refractivity contribution >= 4 is 45.0 Å². The number of carbonyl (C=O) groups excluding carboxylic acids is 2. The zero-order valence-corrected chi connectivity index (χ0v) is 19.0. The normalized spacial score (nSPS) is 16.3. The molecule has 0 aliphatic carbocycles. The summed E-state index contributed by atoms with van der Waals surface area (Å²) in [6, 6.07) is 8.04. The highest BCUT2D eigenvalue weighted by atomic mass is 35.5. The van der Waals surface area contributed by atoms with Gasteiger partial charge in [-0.15, -0.1) is 11.3 Å². The molecule has 4 rings (SSSR count). The van der Waals surface area contributed by atoms with E-state index in [2.05, 4.69) is 0 Å². The second-order valence-electron chi connectivity index (χ2n) is 7.55. The molecule has 2 aromatic heterocycles. The first-order valence-electron chi connectivity index (χ1n) is 10.3. The summed E-state index contributed by atoms with van der Waals surface area (Å²) in [5.41, 5.74) is -0.245. The number of benzene rings is 1. The van der Waals surface area contributed by atoms with Crippen LogP contribution in [0, 0.1) is 5.92 Å². The number of aromatic nitrogens is 2. The Morgan fingerprint density at radius 1 is 1.19 bits per heavy atom. The minimum absolute atomic E-state index is 0.227. The molecular formula is C22H22ClN3O5S. The Labute approximate surface area is 192 Å². The Balaban J connectivity index is 1.69. The lowest BCUT2D eigenvalue weighted by molar-refractivity contribution is -0.151. The van der Waals surface area contributed by atoms with Crippen LogP contribution in [0.5, 0.6) is 0 Å². The summed E-state index contributed by atoms with van der Waals surface area (Å²) in [6.45, 7) is 2.58. The lowest BCUT2D eigenvalue weighted by Crippen LogP contribution is -2.46. The van der Waals surface area contributed by atoms with E-state index in [1.54, 1.807) is 47.5 Å². The number of nitrogens with zero attached hydrogens (tertiary/aromatic N) is 3. The fourth-order valence-corrected chi connectivity index (χ4v) is 4.90. The molecule has 1 amide bonds. The van der Waals surface area contributed by atoms with Crippen molar-refractivity contribution in [2.75, 3.05) is 19.7 Å². The van der Waals surface area contributed by atoms with Gasteiger partial charge in [-0.25, -0.2) is 9.36 Å². The van der Waals surface area contributed by atoms with Gasteiger partial charge in [-0.1, -0.05) is 11.6 Å². The number of fused-ring (bicyclic) bond motifs is 1. The number of rotatable bonds is 5. The van der Waals surface area contributed by atoms with E-state index in [-0.39, 0.29) is 30.9 Å². The fourth-order valence-electron chi connectivity index (χ4n) is 3.95. The van der Waals surface area contributed by atoms with Crippen LogP contribution in [0.3, 0.4) is 0 Å². The van der Waals surface area contributed by atoms with Crippen molar-refractivity contribution in [3.63, 3.8) is 0 Å². The van der Waals surface area contributed by atoms with Crippen LogP contribution >= 0.6 is 22.9 Å². The van der Waals surface area contributed by atoms with Crippen LogP contribution in [0.25, 0.3) is 15.9 Å². The molecule has 1 atom stereocenters. The topological polar surface area (TPSA) is 90.6 Å². The number of hydrogen-bond donors (Lipinski definition) is 0. The lowest BCUT2D eigenvalue weighted by atomic mass is 9.98. The molecule has 10 heteroatoms. The van der Waals surface area contributed by atoms with Gasteiger partial charge in [0.15, 0.2) is 0 Å². The molecule has 32 heavy (non-hydrogen) atoms. The molecule has 1 aliphatic heterocycles. The van der Waals surface area contributed by atoms with Crippen LogP contribution in [0.2, 0.25) is 5.02 Å². The smallest absolute Gasteiger partial charge is 0.336 e. The van der Waals surface area contributed by atoms with E-state index >= 15 is 0 Å². The highest BCUT2D eigenvalue weighted by Crippen LogP contribution is 2.20. The largest absolute Gasteiger partial charge is 0.466 e. The molecule has 1 aromatic carbocycles. The number of esters is 1. The SMILES string of the molecule is CCOC(=O)C1CCCN(C(=O)Cn2c(=O)n(-c3ccc(Cl)cc3)c(=O)c3sccc32)C1. The molecule has 1 fully saturated rings. The number of halogens is 1. The highest BCUT2D eigenvalue weighted by Gasteiger charge is 2.30. The maximum absolute atomic E-state index is 13.3. The first kappa shape index (κ1) is 22.3. The third kappa shape index (κ3) is 4.22. The predicted octanol–water partition coefficient (Wildman–Crippen LogP) is 2.67. The zero-order valence-electron chi connectivity index (χ0n) is 17.5. The van der Waals surface area contributed by atoms with E-state index in [9.17, 15) is 19.2 Å². The van der Waals surface area contributed by atoms with Crippen molar-refractivity contribution in [2.24, 2.45) is 5.92 Å². The Hall–Kier alpha value is -2.91. The van der Waals surface area contributed by atoms with Crippen LogP contribution in [0.1, 0.15) is 19.8 Å². The number of amides is 1. The molecular weight excluding hydrogens is 454 g/mol. The summed E-state index contributed by atoms with van der Waals surface area (Å²) in [5, 5.41) is 2.20. The van der Waals surface area contributed by atoms with E-state index < -0.39 is 11.2 Å². The van der Waals surface area contributed by atoms with E-state index in [1.807, 2.05) is 0 Å². The maximum atomic E-state index is 13.3. The summed E-state index contributed by atoms with van der Waals surface area (Å²) in [6.07, 6.45) is 1.35. The standard InChI is InChI=1S/C22H22ClN3O5S/c1-2-31-21(29)14-4-3-10-24(12-14)18(27)13-25-17-9-11-32-19(17)20(28)26(22(25)30)16-7-5-15(23)6-8-16/h5-9,11,14H,2-4,10,12-13H2,1H3. The Morgan fingerprint density at radius 3 is 2.66 bits per heavy atom. The number of hydrogen-bond acceptors (Lipinski definition) is 6. The van der Waals surface area contributed by atoms with E-state index in [4.69, 9.17) is 16.3 Å². The number of ether oxygens (including phenoxy) is 1. The average Bonchev–Trinajstić information content (AvgIpc) is 3.28. The molecule has 0 N–H and O–H groups in total. The third-order valence-corrected chi connectivity index (χ3v) is 6.67. The Bertz CT molecular complexity index is 1280. The maximum Gasteiger partial charge on any atom is 0.336 e. The monoisotopic (exact) mass is 475 g/mol. The van der Waals surface area contributed by atoms with Crippen molar-refractivity contribution in [1.82, 2.24) is 14.0 Å². The van der Waals surface area contributed by atoms with Gasteiger partial charge in [0.05, 0.1) is 23.7 Å². The first-order valence-corrected chi connectivity index (χ1v) is 11.6. The van der Waals surface area contributed by atoms with Crippen molar-refractivity contribution in [3.8, 4) is 5.69 Å². The van der Waals surface area contributed by atoms with E-state index in [0.29, 0.717) is 46.9 Å². The van der Waals surface area contributed by atoms with Crippen LogP contribution < -0.4 is 11.2 Å². The zero-order chi connectivity index (χ0) is 22.8. The number of piperidine rings is 1.